The Morgan fingerprint density at radius 2 is 1.86 bits per heavy atom. The standard InChI is InChI=1S/C25H30N4O2S.C2H7N/c1-18-24(29-12-14-30-15-13-29)7-5-22-23(27-31-25(18)22)6-2-19-8-10-28(11-9-19)17-21-4-3-20(16-26)32-21;1-3-2/h3-5,7,19H,2,6,8-15,17H2,1H3;3H,1-2H3. The SMILES string of the molecule is CNC.Cc1c(N2CCOCC2)ccc2c(CCC3CCN(Cc4ccc(C#N)s4)CC3)noc12. The number of morpholine rings is 1. The van der Waals surface area contributed by atoms with Gasteiger partial charge in [0.05, 0.1) is 18.9 Å². The van der Waals surface area contributed by atoms with Gasteiger partial charge in [-0.05, 0) is 90.0 Å². The maximum Gasteiger partial charge on any atom is 0.172 e. The third-order valence-corrected chi connectivity index (χ3v) is 7.91. The number of hydrogen-bond acceptors (Lipinski definition) is 8. The van der Waals surface area contributed by atoms with E-state index in [1.165, 1.54) is 34.4 Å². The lowest BCUT2D eigenvalue weighted by Gasteiger charge is -2.31. The second kappa shape index (κ2) is 12.5. The summed E-state index contributed by atoms with van der Waals surface area (Å²) in [5, 5.41) is 17.4. The fraction of sp³-hybridized carbons (Fsp3) is 0.556. The molecule has 0 spiro atoms. The van der Waals surface area contributed by atoms with Crippen molar-refractivity contribution in [1.29, 1.82) is 5.26 Å². The Balaban J connectivity index is 0.000000917. The molecule has 1 aromatic carbocycles. The Morgan fingerprint density at radius 3 is 2.54 bits per heavy atom. The van der Waals surface area contributed by atoms with Crippen LogP contribution in [0.4, 0.5) is 5.69 Å². The number of nitrogens with zero attached hydrogens (tertiary/aromatic N) is 4. The second-order valence-corrected chi connectivity index (χ2v) is 10.6. The Kier molecular flexibility index (Phi) is 9.16. The van der Waals surface area contributed by atoms with Crippen molar-refractivity contribution in [3.8, 4) is 6.07 Å². The fourth-order valence-electron chi connectivity index (χ4n) is 5.02. The van der Waals surface area contributed by atoms with Crippen molar-refractivity contribution in [3.05, 3.63) is 45.3 Å². The van der Waals surface area contributed by atoms with Gasteiger partial charge in [-0.2, -0.15) is 5.26 Å². The maximum atomic E-state index is 9.01. The highest BCUT2D eigenvalue weighted by molar-refractivity contribution is 7.12. The van der Waals surface area contributed by atoms with Crippen LogP contribution < -0.4 is 10.2 Å². The summed E-state index contributed by atoms with van der Waals surface area (Å²) in [4.78, 5) is 7.00. The topological polar surface area (TPSA) is 77.6 Å². The third-order valence-electron chi connectivity index (χ3n) is 6.93. The number of hydrogen-bond donors (Lipinski definition) is 1. The summed E-state index contributed by atoms with van der Waals surface area (Å²) in [5.41, 5.74) is 4.46. The number of anilines is 1. The van der Waals surface area contributed by atoms with Gasteiger partial charge in [0.15, 0.2) is 5.58 Å². The molecule has 8 heteroatoms. The highest BCUT2D eigenvalue weighted by Gasteiger charge is 2.22. The molecule has 3 aromatic rings. The number of nitriles is 1. The Morgan fingerprint density at radius 1 is 1.11 bits per heavy atom. The first-order valence-corrected chi connectivity index (χ1v) is 13.4. The van der Waals surface area contributed by atoms with E-state index in [0.717, 1.165) is 80.9 Å². The Labute approximate surface area is 212 Å². The molecule has 0 saturated carbocycles. The normalized spacial score (nSPS) is 17.3. The van der Waals surface area contributed by atoms with Crippen LogP contribution in [0, 0.1) is 24.2 Å². The fourth-order valence-corrected chi connectivity index (χ4v) is 5.87. The van der Waals surface area contributed by atoms with Gasteiger partial charge in [-0.15, -0.1) is 11.3 Å². The molecule has 2 aliphatic heterocycles. The largest absolute Gasteiger partial charge is 0.378 e. The van der Waals surface area contributed by atoms with Gasteiger partial charge in [-0.3, -0.25) is 4.90 Å². The van der Waals surface area contributed by atoms with Gasteiger partial charge in [0.25, 0.3) is 0 Å². The molecule has 2 saturated heterocycles. The van der Waals surface area contributed by atoms with Crippen LogP contribution in [0.25, 0.3) is 11.0 Å². The molecule has 0 amide bonds. The van der Waals surface area contributed by atoms with Gasteiger partial charge in [0.1, 0.15) is 10.9 Å². The van der Waals surface area contributed by atoms with Crippen molar-refractivity contribution < 1.29 is 9.26 Å². The van der Waals surface area contributed by atoms with E-state index in [0.29, 0.717) is 0 Å². The predicted octanol–water partition coefficient (Wildman–Crippen LogP) is 4.59. The van der Waals surface area contributed by atoms with Crippen molar-refractivity contribution in [2.24, 2.45) is 5.92 Å². The number of likely N-dealkylation sites (tertiary alicyclic amines) is 1. The van der Waals surface area contributed by atoms with E-state index in [1.807, 2.05) is 20.2 Å². The van der Waals surface area contributed by atoms with Crippen LogP contribution in [0.2, 0.25) is 0 Å². The molecule has 188 valence electrons. The molecule has 2 aromatic heterocycles. The second-order valence-electron chi connectivity index (χ2n) is 9.45. The van der Waals surface area contributed by atoms with Crippen molar-refractivity contribution >= 4 is 28.0 Å². The van der Waals surface area contributed by atoms with Crippen LogP contribution in [0.1, 0.15) is 40.3 Å². The van der Waals surface area contributed by atoms with E-state index in [-0.39, 0.29) is 0 Å². The monoisotopic (exact) mass is 495 g/mol. The summed E-state index contributed by atoms with van der Waals surface area (Å²) in [6, 6.07) is 10.7. The summed E-state index contributed by atoms with van der Waals surface area (Å²) >= 11 is 1.62. The zero-order chi connectivity index (χ0) is 24.6. The molecule has 5 rings (SSSR count). The molecular weight excluding hydrogens is 458 g/mol. The average Bonchev–Trinajstić information content (AvgIpc) is 3.52. The molecule has 2 aliphatic rings. The van der Waals surface area contributed by atoms with Gasteiger partial charge >= 0.3 is 0 Å². The van der Waals surface area contributed by atoms with E-state index >= 15 is 0 Å². The van der Waals surface area contributed by atoms with Crippen molar-refractivity contribution in [2.45, 2.75) is 39.2 Å². The first-order chi connectivity index (χ1) is 17.1. The molecular formula is C27H37N5O2S. The number of aryl methyl sites for hydroxylation is 2. The highest BCUT2D eigenvalue weighted by atomic mass is 32.1. The third kappa shape index (κ3) is 6.42. The lowest BCUT2D eigenvalue weighted by Crippen LogP contribution is -2.36. The molecule has 0 unspecified atom stereocenters. The lowest BCUT2D eigenvalue weighted by molar-refractivity contribution is 0.122. The van der Waals surface area contributed by atoms with Crippen LogP contribution in [0.15, 0.2) is 28.8 Å². The summed E-state index contributed by atoms with van der Waals surface area (Å²) < 4.78 is 11.3. The zero-order valence-corrected chi connectivity index (χ0v) is 22.0. The predicted molar refractivity (Wildman–Crippen MR) is 142 cm³/mol. The number of thiophene rings is 1. The first-order valence-electron chi connectivity index (χ1n) is 12.6. The number of benzene rings is 1. The van der Waals surface area contributed by atoms with Gasteiger partial charge in [-0.1, -0.05) is 5.16 Å². The number of aromatic nitrogens is 1. The number of rotatable bonds is 6. The van der Waals surface area contributed by atoms with Crippen LogP contribution in [0.3, 0.4) is 0 Å². The molecule has 0 aliphatic carbocycles. The maximum absolute atomic E-state index is 9.01. The minimum absolute atomic E-state index is 0.740. The quantitative estimate of drug-likeness (QED) is 0.536. The van der Waals surface area contributed by atoms with E-state index in [1.54, 1.807) is 11.3 Å². The van der Waals surface area contributed by atoms with Gasteiger partial charge in [0, 0.05) is 41.1 Å². The number of piperidine rings is 1. The number of nitrogens with one attached hydrogen (secondary N) is 1. The van der Waals surface area contributed by atoms with E-state index in [2.05, 4.69) is 51.5 Å². The molecule has 35 heavy (non-hydrogen) atoms. The number of ether oxygens (including phenoxy) is 1. The molecule has 2 fully saturated rings. The van der Waals surface area contributed by atoms with Crippen LogP contribution >= 0.6 is 11.3 Å². The lowest BCUT2D eigenvalue weighted by atomic mass is 9.91. The molecule has 7 nitrogen and oxygen atoms in total. The van der Waals surface area contributed by atoms with Crippen molar-refractivity contribution in [2.75, 3.05) is 58.4 Å². The smallest absolute Gasteiger partial charge is 0.172 e. The van der Waals surface area contributed by atoms with E-state index in [4.69, 9.17) is 14.5 Å². The Bertz CT molecular complexity index is 1120. The van der Waals surface area contributed by atoms with Gasteiger partial charge < -0.3 is 19.5 Å². The average molecular weight is 496 g/mol. The summed E-state index contributed by atoms with van der Waals surface area (Å²) in [6.07, 6.45) is 4.60. The zero-order valence-electron chi connectivity index (χ0n) is 21.2. The van der Waals surface area contributed by atoms with Crippen LogP contribution in [-0.4, -0.2) is 63.5 Å². The molecule has 0 radical (unpaired) electrons. The Hall–Kier alpha value is -2.44. The van der Waals surface area contributed by atoms with Crippen molar-refractivity contribution in [3.63, 3.8) is 0 Å². The molecule has 4 heterocycles. The van der Waals surface area contributed by atoms with Crippen LogP contribution in [-0.2, 0) is 17.7 Å². The van der Waals surface area contributed by atoms with Gasteiger partial charge in [-0.25, -0.2) is 0 Å². The highest BCUT2D eigenvalue weighted by Crippen LogP contribution is 2.32. The van der Waals surface area contributed by atoms with Crippen molar-refractivity contribution in [1.82, 2.24) is 15.4 Å². The minimum atomic E-state index is 0.740. The molecule has 0 bridgehead atoms. The number of fused-ring (bicyclic) bond motifs is 1. The molecule has 0 atom stereocenters. The summed E-state index contributed by atoms with van der Waals surface area (Å²) in [5.74, 6) is 0.740. The summed E-state index contributed by atoms with van der Waals surface area (Å²) in [7, 11) is 3.75. The first kappa shape index (κ1) is 25.6. The van der Waals surface area contributed by atoms with E-state index < -0.39 is 0 Å². The van der Waals surface area contributed by atoms with Crippen LogP contribution in [0.5, 0.6) is 0 Å². The molecule has 1 N–H and O–H groups in total. The van der Waals surface area contributed by atoms with Gasteiger partial charge in [0.2, 0.25) is 0 Å². The minimum Gasteiger partial charge on any atom is -0.378 e. The summed E-state index contributed by atoms with van der Waals surface area (Å²) in [6.45, 7) is 8.80. The van der Waals surface area contributed by atoms with E-state index in [9.17, 15) is 0 Å².